The normalized spacial score (nSPS) is 11.7. The summed E-state index contributed by atoms with van der Waals surface area (Å²) in [4.78, 5) is 50.5. The number of nitrogens with one attached hydrogen (secondary N) is 3. The van der Waals surface area contributed by atoms with Crippen LogP contribution in [0.2, 0.25) is 0 Å². The van der Waals surface area contributed by atoms with Gasteiger partial charge in [-0.3, -0.25) is 25.2 Å². The van der Waals surface area contributed by atoms with Crippen LogP contribution in [0.1, 0.15) is 102 Å². The van der Waals surface area contributed by atoms with Crippen LogP contribution in [0.15, 0.2) is 72.8 Å². The van der Waals surface area contributed by atoms with E-state index >= 15 is 0 Å². The van der Waals surface area contributed by atoms with Crippen LogP contribution in [0.5, 0.6) is 5.75 Å². The Bertz CT molecular complexity index is 1410. The van der Waals surface area contributed by atoms with Crippen LogP contribution in [-0.2, 0) is 21.4 Å². The number of benzene rings is 3. The van der Waals surface area contributed by atoms with Crippen molar-refractivity contribution in [2.75, 3.05) is 13.7 Å². The number of ether oxygens (including phenoxy) is 2. The average Bonchev–Trinajstić information content (AvgIpc) is 3.04. The molecular weight excluding hydrogens is 570 g/mol. The van der Waals surface area contributed by atoms with Crippen molar-refractivity contribution in [2.45, 2.75) is 77.7 Å². The van der Waals surface area contributed by atoms with E-state index < -0.39 is 29.7 Å². The van der Waals surface area contributed by atoms with Gasteiger partial charge < -0.3 is 14.8 Å². The van der Waals surface area contributed by atoms with E-state index in [0.717, 1.165) is 18.4 Å². The van der Waals surface area contributed by atoms with Crippen LogP contribution in [0.25, 0.3) is 0 Å². The van der Waals surface area contributed by atoms with Crippen molar-refractivity contribution in [1.82, 2.24) is 16.2 Å². The minimum atomic E-state index is -0.925. The van der Waals surface area contributed by atoms with Crippen molar-refractivity contribution in [3.05, 3.63) is 101 Å². The van der Waals surface area contributed by atoms with E-state index in [-0.39, 0.29) is 11.8 Å². The number of carbonyl (C=O) groups excluding carboxylic acids is 4. The van der Waals surface area contributed by atoms with Gasteiger partial charge >= 0.3 is 5.97 Å². The summed E-state index contributed by atoms with van der Waals surface area (Å²) in [5, 5.41) is 2.75. The number of rotatable bonds is 14. The van der Waals surface area contributed by atoms with Gasteiger partial charge in [-0.15, -0.1) is 0 Å². The number of hydrogen-bond acceptors (Lipinski definition) is 6. The topological polar surface area (TPSA) is 123 Å². The molecule has 0 aliphatic rings. The lowest BCUT2D eigenvalue weighted by molar-refractivity contribution is -0.142. The Hall–Kier alpha value is -4.66. The fraction of sp³-hybridized carbons (Fsp3) is 0.389. The molecule has 3 N–H and O–H groups in total. The summed E-state index contributed by atoms with van der Waals surface area (Å²) >= 11 is 0. The maximum absolute atomic E-state index is 12.9. The molecule has 0 spiro atoms. The minimum Gasteiger partial charge on any atom is -0.494 e. The van der Waals surface area contributed by atoms with E-state index in [4.69, 9.17) is 9.47 Å². The molecule has 0 saturated carbocycles. The Morgan fingerprint density at radius 1 is 0.689 bits per heavy atom. The van der Waals surface area contributed by atoms with E-state index in [0.29, 0.717) is 34.6 Å². The number of unbranched alkanes of at least 4 members (excludes halogenated alkanes) is 4. The number of esters is 1. The molecule has 0 radical (unpaired) electrons. The first-order valence-electron chi connectivity index (χ1n) is 15.4. The third-order valence-corrected chi connectivity index (χ3v) is 7.38. The van der Waals surface area contributed by atoms with E-state index in [1.807, 2.05) is 12.1 Å². The predicted octanol–water partition coefficient (Wildman–Crippen LogP) is 5.92. The van der Waals surface area contributed by atoms with Crippen molar-refractivity contribution in [3.63, 3.8) is 0 Å². The Kier molecular flexibility index (Phi) is 13.1. The molecule has 240 valence electrons. The van der Waals surface area contributed by atoms with E-state index in [9.17, 15) is 19.2 Å². The Labute approximate surface area is 266 Å². The molecule has 1 unspecified atom stereocenters. The van der Waals surface area contributed by atoms with Crippen LogP contribution in [0.3, 0.4) is 0 Å². The van der Waals surface area contributed by atoms with E-state index in [2.05, 4.69) is 43.9 Å². The Morgan fingerprint density at radius 2 is 1.20 bits per heavy atom. The molecule has 9 nitrogen and oxygen atoms in total. The zero-order valence-corrected chi connectivity index (χ0v) is 26.9. The monoisotopic (exact) mass is 615 g/mol. The third kappa shape index (κ3) is 11.1. The zero-order chi connectivity index (χ0) is 32.8. The molecule has 0 saturated heterocycles. The molecule has 9 heteroatoms. The molecule has 0 aliphatic carbocycles. The first kappa shape index (κ1) is 34.8. The van der Waals surface area contributed by atoms with Crippen molar-refractivity contribution >= 4 is 23.7 Å². The molecular formula is C36H45N3O6. The number of hydrazine groups is 1. The lowest BCUT2D eigenvalue weighted by Gasteiger charge is -2.20. The lowest BCUT2D eigenvalue weighted by Crippen LogP contribution is -2.43. The quantitative estimate of drug-likeness (QED) is 0.118. The van der Waals surface area contributed by atoms with Crippen LogP contribution in [0, 0.1) is 0 Å². The summed E-state index contributed by atoms with van der Waals surface area (Å²) in [7, 11) is 1.26. The summed E-state index contributed by atoms with van der Waals surface area (Å²) in [5.74, 6) is -1.25. The SMILES string of the molecule is CCCCCCCOc1ccc(C(=O)NNC(=O)c2ccc(CC(NC(=O)c3ccc(C(C)(C)C)cc3)C(=O)OC)cc2)cc1. The third-order valence-electron chi connectivity index (χ3n) is 7.38. The number of carbonyl (C=O) groups is 4. The van der Waals surface area contributed by atoms with Gasteiger partial charge in [-0.05, 0) is 71.5 Å². The van der Waals surface area contributed by atoms with Crippen molar-refractivity contribution in [3.8, 4) is 5.75 Å². The van der Waals surface area contributed by atoms with Crippen LogP contribution in [0.4, 0.5) is 0 Å². The van der Waals surface area contributed by atoms with Gasteiger partial charge in [0.1, 0.15) is 11.8 Å². The molecule has 0 bridgehead atoms. The zero-order valence-electron chi connectivity index (χ0n) is 26.9. The van der Waals surface area contributed by atoms with Crippen LogP contribution >= 0.6 is 0 Å². The Balaban J connectivity index is 1.50. The second-order valence-corrected chi connectivity index (χ2v) is 12.0. The first-order chi connectivity index (χ1) is 21.5. The number of amides is 3. The predicted molar refractivity (Wildman–Crippen MR) is 174 cm³/mol. The maximum Gasteiger partial charge on any atom is 0.328 e. The lowest BCUT2D eigenvalue weighted by atomic mass is 9.86. The summed E-state index contributed by atoms with van der Waals surface area (Å²) in [6.07, 6.45) is 5.93. The fourth-order valence-corrected chi connectivity index (χ4v) is 4.58. The van der Waals surface area contributed by atoms with Crippen LogP contribution in [-0.4, -0.2) is 43.4 Å². The van der Waals surface area contributed by atoms with Crippen LogP contribution < -0.4 is 20.9 Å². The second-order valence-electron chi connectivity index (χ2n) is 12.0. The van der Waals surface area contributed by atoms with Gasteiger partial charge in [0.15, 0.2) is 0 Å². The van der Waals surface area contributed by atoms with Gasteiger partial charge in [0.05, 0.1) is 13.7 Å². The molecule has 0 fully saturated rings. The number of methoxy groups -OCH3 is 1. The highest BCUT2D eigenvalue weighted by Gasteiger charge is 2.23. The molecule has 3 aromatic carbocycles. The number of hydrogen-bond donors (Lipinski definition) is 3. The van der Waals surface area contributed by atoms with E-state index in [1.165, 1.54) is 26.4 Å². The highest BCUT2D eigenvalue weighted by atomic mass is 16.5. The van der Waals surface area contributed by atoms with Crippen molar-refractivity contribution in [1.29, 1.82) is 0 Å². The summed E-state index contributed by atoms with van der Waals surface area (Å²) in [6.45, 7) is 9.09. The van der Waals surface area contributed by atoms with Crippen molar-refractivity contribution in [2.24, 2.45) is 0 Å². The van der Waals surface area contributed by atoms with Crippen molar-refractivity contribution < 1.29 is 28.7 Å². The summed E-state index contributed by atoms with van der Waals surface area (Å²) in [5.41, 5.74) is 7.70. The largest absolute Gasteiger partial charge is 0.494 e. The smallest absolute Gasteiger partial charge is 0.328 e. The standard InChI is InChI=1S/C36H45N3O6/c1-6-7-8-9-10-23-45-30-21-17-28(18-22-30)34(42)39-38-33(41)27-13-11-25(12-14-27)24-31(35(43)44-5)37-32(40)26-15-19-29(20-16-26)36(2,3)4/h11-22,31H,6-10,23-24H2,1-5H3,(H,37,40)(H,38,41)(H,39,42). The van der Waals surface area contributed by atoms with Gasteiger partial charge in [0.2, 0.25) is 0 Å². The average molecular weight is 616 g/mol. The molecule has 1 atom stereocenters. The highest BCUT2D eigenvalue weighted by Crippen LogP contribution is 2.22. The molecule has 45 heavy (non-hydrogen) atoms. The van der Waals surface area contributed by atoms with Gasteiger partial charge in [-0.25, -0.2) is 4.79 Å². The molecule has 0 heterocycles. The fourth-order valence-electron chi connectivity index (χ4n) is 4.58. The van der Waals surface area contributed by atoms with Gasteiger partial charge in [0.25, 0.3) is 17.7 Å². The highest BCUT2D eigenvalue weighted by molar-refractivity contribution is 5.99. The molecule has 0 aromatic heterocycles. The molecule has 3 amide bonds. The Morgan fingerprint density at radius 3 is 1.73 bits per heavy atom. The molecule has 0 aliphatic heterocycles. The van der Waals surface area contributed by atoms with Gasteiger partial charge in [-0.2, -0.15) is 0 Å². The second kappa shape index (κ2) is 17.0. The van der Waals surface area contributed by atoms with Gasteiger partial charge in [0, 0.05) is 23.1 Å². The minimum absolute atomic E-state index is 0.0487. The van der Waals surface area contributed by atoms with E-state index in [1.54, 1.807) is 60.7 Å². The maximum atomic E-state index is 12.9. The molecule has 3 rings (SSSR count). The summed E-state index contributed by atoms with van der Waals surface area (Å²) < 4.78 is 10.6. The molecule has 3 aromatic rings. The summed E-state index contributed by atoms with van der Waals surface area (Å²) in [6, 6.07) is 19.6. The first-order valence-corrected chi connectivity index (χ1v) is 15.4. The van der Waals surface area contributed by atoms with Gasteiger partial charge in [-0.1, -0.05) is 77.6 Å².